The fraction of sp³-hybridized carbons (Fsp3) is 0.176. The van der Waals surface area contributed by atoms with Crippen LogP contribution < -0.4 is 10.1 Å². The van der Waals surface area contributed by atoms with E-state index in [1.54, 1.807) is 12.1 Å². The van der Waals surface area contributed by atoms with Gasteiger partial charge in [-0.2, -0.15) is 0 Å². The number of nitrogens with zero attached hydrogens (tertiary/aromatic N) is 1. The second-order valence-electron chi connectivity index (χ2n) is 5.18. The van der Waals surface area contributed by atoms with Gasteiger partial charge in [0.2, 0.25) is 0 Å². The molecular weight excluding hydrogens is 364 g/mol. The van der Waals surface area contributed by atoms with E-state index in [-0.39, 0.29) is 23.0 Å². The van der Waals surface area contributed by atoms with Crippen LogP contribution in [0.2, 0.25) is 5.02 Å². The largest absolute Gasteiger partial charge is 0.482 e. The molecule has 0 unspecified atom stereocenters. The van der Waals surface area contributed by atoms with Crippen molar-refractivity contribution in [3.05, 3.63) is 63.2 Å². The summed E-state index contributed by atoms with van der Waals surface area (Å²) >= 11 is 5.70. The van der Waals surface area contributed by atoms with Gasteiger partial charge in [0, 0.05) is 11.1 Å². The summed E-state index contributed by atoms with van der Waals surface area (Å²) in [5.41, 5.74) is 0.449. The highest BCUT2D eigenvalue weighted by atomic mass is 35.5. The summed E-state index contributed by atoms with van der Waals surface area (Å²) in [5.74, 6) is -0.931. The zero-order chi connectivity index (χ0) is 19.1. The van der Waals surface area contributed by atoms with E-state index >= 15 is 0 Å². The van der Waals surface area contributed by atoms with Gasteiger partial charge in [0.15, 0.2) is 13.2 Å². The number of nitrogens with one attached hydrogen (secondary N) is 1. The van der Waals surface area contributed by atoms with Crippen molar-refractivity contribution >= 4 is 34.9 Å². The maximum absolute atomic E-state index is 11.8. The Morgan fingerprint density at radius 1 is 1.19 bits per heavy atom. The highest BCUT2D eigenvalue weighted by molar-refractivity contribution is 6.31. The number of nitro benzene ring substituents is 1. The van der Waals surface area contributed by atoms with E-state index in [0.29, 0.717) is 5.75 Å². The molecule has 1 amide bonds. The minimum atomic E-state index is -0.742. The zero-order valence-corrected chi connectivity index (χ0v) is 14.5. The number of hydrogen-bond acceptors (Lipinski definition) is 6. The molecule has 0 spiro atoms. The van der Waals surface area contributed by atoms with Crippen LogP contribution in [0.15, 0.2) is 42.5 Å². The Morgan fingerprint density at radius 2 is 1.92 bits per heavy atom. The maximum Gasteiger partial charge on any atom is 0.344 e. The lowest BCUT2D eigenvalue weighted by Crippen LogP contribution is -2.24. The Labute approximate surface area is 153 Å². The quantitative estimate of drug-likeness (QED) is 0.450. The summed E-state index contributed by atoms with van der Waals surface area (Å²) < 4.78 is 10.1. The zero-order valence-electron chi connectivity index (χ0n) is 13.7. The average Bonchev–Trinajstić information content (AvgIpc) is 2.60. The van der Waals surface area contributed by atoms with Crippen LogP contribution in [0, 0.1) is 17.0 Å². The first kappa shape index (κ1) is 19.2. The number of anilines is 1. The highest BCUT2D eigenvalue weighted by Gasteiger charge is 2.17. The Hall–Kier alpha value is -3.13. The van der Waals surface area contributed by atoms with E-state index in [9.17, 15) is 19.7 Å². The number of para-hydroxylation sites is 1. The topological polar surface area (TPSA) is 108 Å². The van der Waals surface area contributed by atoms with E-state index < -0.39 is 23.4 Å². The third-order valence-electron chi connectivity index (χ3n) is 3.23. The van der Waals surface area contributed by atoms with Gasteiger partial charge in [0.05, 0.1) is 4.92 Å². The van der Waals surface area contributed by atoms with Crippen LogP contribution in [-0.4, -0.2) is 30.0 Å². The summed E-state index contributed by atoms with van der Waals surface area (Å²) in [7, 11) is 0. The molecule has 0 aliphatic rings. The SMILES string of the molecule is Cc1ccccc1OCC(=O)OCC(=O)Nc1ccc(Cl)cc1[N+](=O)[O-]. The number of ether oxygens (including phenoxy) is 2. The van der Waals surface area contributed by atoms with Gasteiger partial charge in [-0.15, -0.1) is 0 Å². The Morgan fingerprint density at radius 3 is 2.62 bits per heavy atom. The number of esters is 1. The van der Waals surface area contributed by atoms with Gasteiger partial charge in [0.25, 0.3) is 11.6 Å². The van der Waals surface area contributed by atoms with E-state index in [1.807, 2.05) is 19.1 Å². The fourth-order valence-corrected chi connectivity index (χ4v) is 2.16. The predicted octanol–water partition coefficient (Wildman–Crippen LogP) is 3.12. The van der Waals surface area contributed by atoms with E-state index in [4.69, 9.17) is 21.1 Å². The van der Waals surface area contributed by atoms with Crippen molar-refractivity contribution in [2.75, 3.05) is 18.5 Å². The fourth-order valence-electron chi connectivity index (χ4n) is 1.99. The molecule has 0 fully saturated rings. The van der Waals surface area contributed by atoms with Gasteiger partial charge in [-0.05, 0) is 30.7 Å². The van der Waals surface area contributed by atoms with Crippen molar-refractivity contribution < 1.29 is 24.0 Å². The minimum absolute atomic E-state index is 0.0448. The van der Waals surface area contributed by atoms with Crippen LogP contribution in [-0.2, 0) is 14.3 Å². The van der Waals surface area contributed by atoms with Gasteiger partial charge >= 0.3 is 5.97 Å². The second-order valence-corrected chi connectivity index (χ2v) is 5.62. The number of halogens is 1. The molecule has 0 radical (unpaired) electrons. The molecule has 0 aliphatic heterocycles. The third-order valence-corrected chi connectivity index (χ3v) is 3.47. The van der Waals surface area contributed by atoms with Crippen LogP contribution in [0.1, 0.15) is 5.56 Å². The number of aryl methyl sites for hydroxylation is 1. The smallest absolute Gasteiger partial charge is 0.344 e. The molecule has 0 aromatic heterocycles. The van der Waals surface area contributed by atoms with Crippen LogP contribution in [0.4, 0.5) is 11.4 Å². The minimum Gasteiger partial charge on any atom is -0.482 e. The van der Waals surface area contributed by atoms with Gasteiger partial charge in [-0.25, -0.2) is 4.79 Å². The molecule has 8 nitrogen and oxygen atoms in total. The van der Waals surface area contributed by atoms with Gasteiger partial charge in [0.1, 0.15) is 11.4 Å². The lowest BCUT2D eigenvalue weighted by molar-refractivity contribution is -0.383. The average molecular weight is 379 g/mol. The van der Waals surface area contributed by atoms with Crippen molar-refractivity contribution in [1.82, 2.24) is 0 Å². The van der Waals surface area contributed by atoms with Crippen molar-refractivity contribution in [3.63, 3.8) is 0 Å². The second kappa shape index (κ2) is 8.82. The summed E-state index contributed by atoms with van der Waals surface area (Å²) in [6, 6.07) is 10.9. The van der Waals surface area contributed by atoms with Crippen molar-refractivity contribution in [2.24, 2.45) is 0 Å². The number of rotatable bonds is 7. The number of hydrogen-bond donors (Lipinski definition) is 1. The molecular formula is C17H15ClN2O6. The van der Waals surface area contributed by atoms with Gasteiger partial charge in [-0.3, -0.25) is 14.9 Å². The monoisotopic (exact) mass is 378 g/mol. The lowest BCUT2D eigenvalue weighted by atomic mass is 10.2. The summed E-state index contributed by atoms with van der Waals surface area (Å²) in [6.45, 7) is 0.863. The number of amides is 1. The van der Waals surface area contributed by atoms with Gasteiger partial charge in [-0.1, -0.05) is 29.8 Å². The Kier molecular flexibility index (Phi) is 6.51. The van der Waals surface area contributed by atoms with Crippen LogP contribution in [0.5, 0.6) is 5.75 Å². The standard InChI is InChI=1S/C17H15ClN2O6/c1-11-4-2-3-5-15(11)25-10-17(22)26-9-16(21)19-13-7-6-12(18)8-14(13)20(23)24/h2-8H,9-10H2,1H3,(H,19,21). The molecule has 9 heteroatoms. The first-order valence-electron chi connectivity index (χ1n) is 7.44. The van der Waals surface area contributed by atoms with Crippen LogP contribution >= 0.6 is 11.6 Å². The molecule has 0 heterocycles. The molecule has 0 saturated heterocycles. The first-order valence-corrected chi connectivity index (χ1v) is 7.82. The van der Waals surface area contributed by atoms with Crippen molar-refractivity contribution in [1.29, 1.82) is 0 Å². The normalized spacial score (nSPS) is 10.1. The molecule has 0 atom stereocenters. The molecule has 0 bridgehead atoms. The van der Waals surface area contributed by atoms with Crippen LogP contribution in [0.25, 0.3) is 0 Å². The molecule has 0 aliphatic carbocycles. The van der Waals surface area contributed by atoms with E-state index in [1.165, 1.54) is 12.1 Å². The molecule has 2 aromatic carbocycles. The van der Waals surface area contributed by atoms with Gasteiger partial charge < -0.3 is 14.8 Å². The number of nitro groups is 1. The maximum atomic E-state index is 11.8. The highest BCUT2D eigenvalue weighted by Crippen LogP contribution is 2.27. The van der Waals surface area contributed by atoms with E-state index in [0.717, 1.165) is 11.6 Å². The Balaban J connectivity index is 1.84. The molecule has 0 saturated carbocycles. The van der Waals surface area contributed by atoms with Crippen molar-refractivity contribution in [3.8, 4) is 5.75 Å². The summed E-state index contributed by atoms with van der Waals surface area (Å²) in [6.07, 6.45) is 0. The molecule has 26 heavy (non-hydrogen) atoms. The molecule has 136 valence electrons. The van der Waals surface area contributed by atoms with Crippen molar-refractivity contribution in [2.45, 2.75) is 6.92 Å². The van der Waals surface area contributed by atoms with Crippen LogP contribution in [0.3, 0.4) is 0 Å². The number of benzene rings is 2. The summed E-state index contributed by atoms with van der Waals surface area (Å²) in [5, 5.41) is 13.4. The number of carbonyl (C=O) groups excluding carboxylic acids is 2. The van der Waals surface area contributed by atoms with E-state index in [2.05, 4.69) is 5.32 Å². The Bertz CT molecular complexity index is 840. The molecule has 2 aromatic rings. The number of carbonyl (C=O) groups is 2. The third kappa shape index (κ3) is 5.45. The lowest BCUT2D eigenvalue weighted by Gasteiger charge is -2.09. The molecule has 1 N–H and O–H groups in total. The molecule has 2 rings (SSSR count). The summed E-state index contributed by atoms with van der Waals surface area (Å²) in [4.78, 5) is 33.8. The first-order chi connectivity index (χ1) is 12.4. The predicted molar refractivity (Wildman–Crippen MR) is 94.4 cm³/mol.